The molecule has 3 aromatic heterocycles. The molecular weight excluding hydrogens is 324 g/mol. The summed E-state index contributed by atoms with van der Waals surface area (Å²) in [6.07, 6.45) is 5.27. The molecule has 3 heterocycles. The zero-order chi connectivity index (χ0) is 15.4. The van der Waals surface area contributed by atoms with Gasteiger partial charge < -0.3 is 0 Å². The Morgan fingerprint density at radius 2 is 2.32 bits per heavy atom. The fourth-order valence-corrected chi connectivity index (χ4v) is 2.72. The number of amides is 1. The van der Waals surface area contributed by atoms with Crippen LogP contribution in [0.15, 0.2) is 28.9 Å². The second-order valence-electron chi connectivity index (χ2n) is 4.04. The Kier molecular flexibility index (Phi) is 4.34. The van der Waals surface area contributed by atoms with Crippen LogP contribution in [0.2, 0.25) is 0 Å². The van der Waals surface area contributed by atoms with Crippen molar-refractivity contribution in [2.45, 2.75) is 10.9 Å². The van der Waals surface area contributed by atoms with E-state index < -0.39 is 5.91 Å². The number of nitrogens with zero attached hydrogens (tertiary/aromatic N) is 7. The fraction of sp³-hybridized carbons (Fsp3) is 0.182. The van der Waals surface area contributed by atoms with E-state index >= 15 is 0 Å². The normalized spacial score (nSPS) is 10.6. The lowest BCUT2D eigenvalue weighted by Gasteiger charge is -1.97. The molecule has 112 valence electrons. The van der Waals surface area contributed by atoms with E-state index in [1.165, 1.54) is 27.9 Å². The van der Waals surface area contributed by atoms with Gasteiger partial charge in [0.1, 0.15) is 0 Å². The van der Waals surface area contributed by atoms with E-state index in [2.05, 4.69) is 35.9 Å². The average Bonchev–Trinajstić information content (AvgIpc) is 3.17. The molecule has 0 unspecified atom stereocenters. The smallest absolute Gasteiger partial charge is 0.293 e. The molecule has 0 aromatic carbocycles. The van der Waals surface area contributed by atoms with Gasteiger partial charge in [-0.2, -0.15) is 4.80 Å². The number of hydrogen-bond acceptors (Lipinski definition) is 9. The predicted octanol–water partition coefficient (Wildman–Crippen LogP) is 0.942. The average molecular weight is 334 g/mol. The van der Waals surface area contributed by atoms with Gasteiger partial charge in [-0.05, 0) is 23.1 Å². The molecule has 9 nitrogen and oxygen atoms in total. The molecule has 1 amide bonds. The third-order valence-corrected chi connectivity index (χ3v) is 4.32. The second-order valence-corrected chi connectivity index (χ2v) is 6.07. The molecular formula is C11H10N8OS2. The van der Waals surface area contributed by atoms with E-state index in [0.717, 1.165) is 9.90 Å². The van der Waals surface area contributed by atoms with Crippen molar-refractivity contribution in [2.75, 3.05) is 11.6 Å². The third-order valence-electron chi connectivity index (χ3n) is 2.50. The molecule has 0 bridgehead atoms. The molecule has 0 atom stereocenters. The number of nitrogens with one attached hydrogen (secondary N) is 1. The Hall–Kier alpha value is -2.40. The van der Waals surface area contributed by atoms with Crippen LogP contribution in [0.1, 0.15) is 16.2 Å². The summed E-state index contributed by atoms with van der Waals surface area (Å²) in [4.78, 5) is 17.3. The van der Waals surface area contributed by atoms with Gasteiger partial charge in [-0.25, -0.2) is 0 Å². The highest BCUT2D eigenvalue weighted by molar-refractivity contribution is 8.00. The van der Waals surface area contributed by atoms with Crippen LogP contribution >= 0.6 is 23.1 Å². The Bertz CT molecular complexity index is 771. The Morgan fingerprint density at radius 3 is 3.05 bits per heavy atom. The molecule has 22 heavy (non-hydrogen) atoms. The van der Waals surface area contributed by atoms with Gasteiger partial charge in [-0.3, -0.25) is 15.1 Å². The van der Waals surface area contributed by atoms with Crippen molar-refractivity contribution in [3.05, 3.63) is 35.9 Å². The van der Waals surface area contributed by atoms with Gasteiger partial charge in [0.2, 0.25) is 5.13 Å². The first-order valence-corrected chi connectivity index (χ1v) is 8.14. The lowest BCUT2D eigenvalue weighted by atomic mass is 10.3. The van der Waals surface area contributed by atoms with Gasteiger partial charge in [0.05, 0.1) is 6.54 Å². The van der Waals surface area contributed by atoms with E-state index in [1.54, 1.807) is 12.4 Å². The van der Waals surface area contributed by atoms with Gasteiger partial charge in [-0.15, -0.1) is 20.4 Å². The summed E-state index contributed by atoms with van der Waals surface area (Å²) in [7, 11) is 0. The Balaban J connectivity index is 1.66. The molecule has 0 radical (unpaired) electrons. The molecule has 0 aliphatic rings. The van der Waals surface area contributed by atoms with Crippen molar-refractivity contribution < 1.29 is 4.79 Å². The summed E-state index contributed by atoms with van der Waals surface area (Å²) in [6, 6.07) is 3.71. The molecule has 11 heteroatoms. The van der Waals surface area contributed by atoms with Gasteiger partial charge >= 0.3 is 0 Å². The predicted molar refractivity (Wildman–Crippen MR) is 80.8 cm³/mol. The molecule has 0 saturated carbocycles. The zero-order valence-electron chi connectivity index (χ0n) is 11.4. The fourth-order valence-electron chi connectivity index (χ4n) is 1.55. The minimum Gasteiger partial charge on any atom is -0.293 e. The van der Waals surface area contributed by atoms with Crippen molar-refractivity contribution in [3.8, 4) is 0 Å². The molecule has 0 aliphatic carbocycles. The van der Waals surface area contributed by atoms with Gasteiger partial charge in [0, 0.05) is 12.4 Å². The van der Waals surface area contributed by atoms with Crippen molar-refractivity contribution in [1.82, 2.24) is 35.4 Å². The Morgan fingerprint density at radius 1 is 1.41 bits per heavy atom. The first-order valence-electron chi connectivity index (χ1n) is 6.10. The van der Waals surface area contributed by atoms with Crippen molar-refractivity contribution >= 4 is 34.1 Å². The van der Waals surface area contributed by atoms with Crippen LogP contribution in [-0.2, 0) is 6.54 Å². The first-order chi connectivity index (χ1) is 10.7. The maximum absolute atomic E-state index is 12.0. The van der Waals surface area contributed by atoms with Crippen molar-refractivity contribution in [1.29, 1.82) is 0 Å². The van der Waals surface area contributed by atoms with Crippen LogP contribution in [0.25, 0.3) is 0 Å². The summed E-state index contributed by atoms with van der Waals surface area (Å²) in [5, 5.41) is 22.4. The first kappa shape index (κ1) is 14.5. The van der Waals surface area contributed by atoms with E-state index in [1.807, 2.05) is 18.4 Å². The van der Waals surface area contributed by atoms with Crippen LogP contribution < -0.4 is 5.32 Å². The monoisotopic (exact) mass is 334 g/mol. The zero-order valence-corrected chi connectivity index (χ0v) is 13.0. The minimum atomic E-state index is -0.471. The molecule has 0 saturated heterocycles. The SMILES string of the molecule is CSc1nnc(NC(=O)c2nnn(Cc3cccnc3)n2)s1. The van der Waals surface area contributed by atoms with Crippen LogP contribution in [0.5, 0.6) is 0 Å². The minimum absolute atomic E-state index is 0.0233. The van der Waals surface area contributed by atoms with Gasteiger partial charge in [-0.1, -0.05) is 29.2 Å². The molecule has 0 fully saturated rings. The topological polar surface area (TPSA) is 111 Å². The summed E-state index contributed by atoms with van der Waals surface area (Å²) >= 11 is 2.74. The highest BCUT2D eigenvalue weighted by Crippen LogP contribution is 2.23. The van der Waals surface area contributed by atoms with E-state index in [0.29, 0.717) is 11.7 Å². The largest absolute Gasteiger partial charge is 0.299 e. The number of rotatable bonds is 5. The van der Waals surface area contributed by atoms with Gasteiger partial charge in [0.25, 0.3) is 11.7 Å². The highest BCUT2D eigenvalue weighted by atomic mass is 32.2. The number of hydrogen-bond donors (Lipinski definition) is 1. The number of pyridine rings is 1. The molecule has 1 N–H and O–H groups in total. The summed E-state index contributed by atoms with van der Waals surface area (Å²) in [5.41, 5.74) is 0.917. The molecule has 3 aromatic rings. The standard InChI is InChI=1S/C11H10N8OS2/c1-21-11-16-15-10(22-11)13-9(20)8-14-18-19(17-8)6-7-3-2-4-12-5-7/h2-5H,6H2,1H3,(H,13,15,20). The van der Waals surface area contributed by atoms with Crippen molar-refractivity contribution in [2.24, 2.45) is 0 Å². The second kappa shape index (κ2) is 6.58. The third kappa shape index (κ3) is 3.43. The van der Waals surface area contributed by atoms with Crippen molar-refractivity contribution in [3.63, 3.8) is 0 Å². The van der Waals surface area contributed by atoms with Gasteiger partial charge in [0.15, 0.2) is 4.34 Å². The number of thioether (sulfide) groups is 1. The number of anilines is 1. The quantitative estimate of drug-likeness (QED) is 0.542. The number of tetrazole rings is 1. The van der Waals surface area contributed by atoms with E-state index in [9.17, 15) is 4.79 Å². The maximum atomic E-state index is 12.0. The van der Waals surface area contributed by atoms with Crippen LogP contribution in [0.3, 0.4) is 0 Å². The summed E-state index contributed by atoms with van der Waals surface area (Å²) in [6.45, 7) is 0.392. The molecule has 0 aliphatic heterocycles. The molecule has 3 rings (SSSR count). The number of carbonyl (C=O) groups is 1. The number of aromatic nitrogens is 7. The van der Waals surface area contributed by atoms with Crippen LogP contribution in [0.4, 0.5) is 5.13 Å². The van der Waals surface area contributed by atoms with E-state index in [-0.39, 0.29) is 5.82 Å². The maximum Gasteiger partial charge on any atom is 0.299 e. The van der Waals surface area contributed by atoms with Crippen LogP contribution in [-0.4, -0.2) is 47.6 Å². The summed E-state index contributed by atoms with van der Waals surface area (Å²) in [5.74, 6) is -0.494. The number of carbonyl (C=O) groups excluding carboxylic acids is 1. The van der Waals surface area contributed by atoms with Crippen LogP contribution in [0, 0.1) is 0 Å². The lowest BCUT2D eigenvalue weighted by Crippen LogP contribution is -2.14. The molecule has 0 spiro atoms. The summed E-state index contributed by atoms with van der Waals surface area (Å²) < 4.78 is 0.767. The van der Waals surface area contributed by atoms with E-state index in [4.69, 9.17) is 0 Å². The Labute approximate surface area is 133 Å². The lowest BCUT2D eigenvalue weighted by molar-refractivity contribution is 0.101. The highest BCUT2D eigenvalue weighted by Gasteiger charge is 2.15.